The van der Waals surface area contributed by atoms with E-state index < -0.39 is 62.3 Å². The molecule has 2 aliphatic heterocycles. The SMILES string of the molecule is FC1(F)CNC(N2CCC(F)(F)C(F)(F)C2)C(F)(F)C1. The minimum atomic E-state index is -4.47. The summed E-state index contributed by atoms with van der Waals surface area (Å²) in [6, 6.07) is 0. The second-order valence-electron chi connectivity index (χ2n) is 5.21. The second kappa shape index (κ2) is 4.43. The monoisotopic (exact) mass is 312 g/mol. The topological polar surface area (TPSA) is 15.3 Å². The van der Waals surface area contributed by atoms with Crippen LogP contribution in [0.1, 0.15) is 12.8 Å². The van der Waals surface area contributed by atoms with E-state index in [2.05, 4.69) is 0 Å². The van der Waals surface area contributed by atoms with Crippen LogP contribution in [0.2, 0.25) is 0 Å². The molecule has 0 aromatic rings. The lowest BCUT2D eigenvalue weighted by atomic mass is 9.97. The Morgan fingerprint density at radius 1 is 0.900 bits per heavy atom. The number of halogens is 8. The van der Waals surface area contributed by atoms with Crippen molar-refractivity contribution in [2.75, 3.05) is 19.6 Å². The van der Waals surface area contributed by atoms with Crippen LogP contribution < -0.4 is 5.32 Å². The first-order valence-electron chi connectivity index (χ1n) is 5.85. The van der Waals surface area contributed by atoms with Crippen LogP contribution in [0.25, 0.3) is 0 Å². The van der Waals surface area contributed by atoms with E-state index in [0.717, 1.165) is 0 Å². The van der Waals surface area contributed by atoms with Gasteiger partial charge < -0.3 is 0 Å². The summed E-state index contributed by atoms with van der Waals surface area (Å²) >= 11 is 0. The van der Waals surface area contributed by atoms with E-state index in [9.17, 15) is 35.1 Å². The first-order chi connectivity index (χ1) is 8.86. The van der Waals surface area contributed by atoms with Crippen molar-refractivity contribution in [1.29, 1.82) is 0 Å². The number of likely N-dealkylation sites (tertiary alicyclic amines) is 1. The van der Waals surface area contributed by atoms with E-state index >= 15 is 0 Å². The minimum Gasteiger partial charge on any atom is -0.291 e. The second-order valence-corrected chi connectivity index (χ2v) is 5.21. The van der Waals surface area contributed by atoms with Gasteiger partial charge in [0.1, 0.15) is 6.17 Å². The molecule has 2 rings (SSSR count). The number of hydrogen-bond donors (Lipinski definition) is 1. The molecule has 2 fully saturated rings. The van der Waals surface area contributed by atoms with Crippen molar-refractivity contribution in [3.63, 3.8) is 0 Å². The van der Waals surface area contributed by atoms with Gasteiger partial charge >= 0.3 is 11.8 Å². The fourth-order valence-electron chi connectivity index (χ4n) is 2.43. The maximum absolute atomic E-state index is 13.6. The quantitative estimate of drug-likeness (QED) is 0.749. The summed E-state index contributed by atoms with van der Waals surface area (Å²) in [5, 5.41) is 1.78. The summed E-state index contributed by atoms with van der Waals surface area (Å²) in [5.41, 5.74) is 0. The van der Waals surface area contributed by atoms with E-state index in [1.54, 1.807) is 5.32 Å². The molecule has 0 saturated carbocycles. The van der Waals surface area contributed by atoms with Crippen molar-refractivity contribution in [2.45, 2.75) is 42.7 Å². The van der Waals surface area contributed by atoms with Crippen LogP contribution in [-0.4, -0.2) is 54.4 Å². The van der Waals surface area contributed by atoms with E-state index in [4.69, 9.17) is 0 Å². The minimum absolute atomic E-state index is 0.409. The Morgan fingerprint density at radius 3 is 2.00 bits per heavy atom. The number of nitrogens with one attached hydrogen (secondary N) is 1. The van der Waals surface area contributed by atoms with Gasteiger partial charge in [0.15, 0.2) is 0 Å². The number of piperidine rings is 2. The summed E-state index contributed by atoms with van der Waals surface area (Å²) < 4.78 is 105. The molecule has 1 unspecified atom stereocenters. The predicted molar refractivity (Wildman–Crippen MR) is 52.4 cm³/mol. The van der Waals surface area contributed by atoms with Gasteiger partial charge in [0.25, 0.3) is 11.8 Å². The average molecular weight is 312 g/mol. The van der Waals surface area contributed by atoms with Gasteiger partial charge in [0.2, 0.25) is 0 Å². The zero-order chi connectivity index (χ0) is 15.4. The smallest absolute Gasteiger partial charge is 0.291 e. The Labute approximate surface area is 109 Å². The molecule has 118 valence electrons. The standard InChI is InChI=1S/C10H12F8N2/c11-7(12)3-8(13,14)6(19-4-7)20-2-1-9(15,16)10(17,18)5-20/h6,19H,1-5H2. The van der Waals surface area contributed by atoms with Crippen molar-refractivity contribution in [3.05, 3.63) is 0 Å². The van der Waals surface area contributed by atoms with Crippen LogP contribution in [0.3, 0.4) is 0 Å². The molecule has 2 aliphatic rings. The third-order valence-corrected chi connectivity index (χ3v) is 3.46. The number of hydrogen-bond acceptors (Lipinski definition) is 2. The van der Waals surface area contributed by atoms with E-state index in [1.807, 2.05) is 0 Å². The molecule has 0 amide bonds. The highest BCUT2D eigenvalue weighted by Crippen LogP contribution is 2.44. The maximum atomic E-state index is 13.6. The van der Waals surface area contributed by atoms with Crippen LogP contribution in [0, 0.1) is 0 Å². The number of alkyl halides is 8. The maximum Gasteiger partial charge on any atom is 0.322 e. The lowest BCUT2D eigenvalue weighted by Crippen LogP contribution is -2.69. The van der Waals surface area contributed by atoms with Gasteiger partial charge in [-0.25, -0.2) is 17.6 Å². The van der Waals surface area contributed by atoms with E-state index in [0.29, 0.717) is 4.90 Å². The van der Waals surface area contributed by atoms with Gasteiger partial charge in [0, 0.05) is 13.0 Å². The summed E-state index contributed by atoms with van der Waals surface area (Å²) in [6.45, 7) is -3.42. The predicted octanol–water partition coefficient (Wildman–Crippen LogP) is 2.55. The van der Waals surface area contributed by atoms with Crippen molar-refractivity contribution < 1.29 is 35.1 Å². The molecule has 2 saturated heterocycles. The molecule has 10 heteroatoms. The molecule has 0 spiro atoms. The first-order valence-corrected chi connectivity index (χ1v) is 5.85. The van der Waals surface area contributed by atoms with Crippen molar-refractivity contribution in [1.82, 2.24) is 10.2 Å². The van der Waals surface area contributed by atoms with Gasteiger partial charge in [-0.2, -0.15) is 17.6 Å². The van der Waals surface area contributed by atoms with Crippen LogP contribution in [0.15, 0.2) is 0 Å². The number of nitrogens with zero attached hydrogens (tertiary/aromatic N) is 1. The zero-order valence-corrected chi connectivity index (χ0v) is 10.1. The molecule has 20 heavy (non-hydrogen) atoms. The Bertz CT molecular complexity index is 383. The zero-order valence-electron chi connectivity index (χ0n) is 10.1. The van der Waals surface area contributed by atoms with Gasteiger partial charge in [0.05, 0.1) is 19.5 Å². The molecular weight excluding hydrogens is 300 g/mol. The fraction of sp³-hybridized carbons (Fsp3) is 1.00. The summed E-state index contributed by atoms with van der Waals surface area (Å²) in [7, 11) is 0. The normalized spacial score (nSPS) is 35.7. The summed E-state index contributed by atoms with van der Waals surface area (Å²) in [6.07, 6.45) is -5.19. The largest absolute Gasteiger partial charge is 0.322 e. The molecule has 1 N–H and O–H groups in total. The first kappa shape index (κ1) is 15.7. The highest BCUT2D eigenvalue weighted by atomic mass is 19.3. The highest BCUT2D eigenvalue weighted by molar-refractivity contribution is 5.00. The fourth-order valence-corrected chi connectivity index (χ4v) is 2.43. The lowest BCUT2D eigenvalue weighted by Gasteiger charge is -2.46. The van der Waals surface area contributed by atoms with Gasteiger partial charge in [-0.15, -0.1) is 0 Å². The molecule has 1 atom stereocenters. The van der Waals surface area contributed by atoms with Crippen molar-refractivity contribution in [3.8, 4) is 0 Å². The van der Waals surface area contributed by atoms with Crippen LogP contribution in [0.5, 0.6) is 0 Å². The molecule has 0 aromatic heterocycles. The highest BCUT2D eigenvalue weighted by Gasteiger charge is 2.63. The summed E-state index contributed by atoms with van der Waals surface area (Å²) in [4.78, 5) is 0.409. The lowest BCUT2D eigenvalue weighted by molar-refractivity contribution is -0.263. The Hall–Kier alpha value is -0.640. The molecule has 0 bridgehead atoms. The Kier molecular flexibility index (Phi) is 3.48. The molecule has 2 heterocycles. The third kappa shape index (κ3) is 2.72. The molecular formula is C10H12F8N2. The molecule has 0 aromatic carbocycles. The Morgan fingerprint density at radius 2 is 1.50 bits per heavy atom. The average Bonchev–Trinajstić information content (AvgIpc) is 2.20. The van der Waals surface area contributed by atoms with Crippen LogP contribution in [0.4, 0.5) is 35.1 Å². The van der Waals surface area contributed by atoms with Crippen LogP contribution >= 0.6 is 0 Å². The van der Waals surface area contributed by atoms with Crippen LogP contribution in [-0.2, 0) is 0 Å². The number of rotatable bonds is 1. The van der Waals surface area contributed by atoms with Gasteiger partial charge in [-0.1, -0.05) is 0 Å². The van der Waals surface area contributed by atoms with E-state index in [1.165, 1.54) is 0 Å². The van der Waals surface area contributed by atoms with E-state index in [-0.39, 0.29) is 0 Å². The van der Waals surface area contributed by atoms with Gasteiger partial charge in [-0.05, 0) is 0 Å². The third-order valence-electron chi connectivity index (χ3n) is 3.46. The van der Waals surface area contributed by atoms with Crippen molar-refractivity contribution >= 4 is 0 Å². The van der Waals surface area contributed by atoms with Crippen molar-refractivity contribution in [2.24, 2.45) is 0 Å². The molecule has 0 aliphatic carbocycles. The molecule has 0 radical (unpaired) electrons. The Balaban J connectivity index is 2.14. The van der Waals surface area contributed by atoms with Gasteiger partial charge in [-0.3, -0.25) is 10.2 Å². The summed E-state index contributed by atoms with van der Waals surface area (Å²) in [5.74, 6) is -16.4. The molecule has 2 nitrogen and oxygen atoms in total.